The molecule has 0 atom stereocenters. The van der Waals surface area contributed by atoms with Crippen LogP contribution < -0.4 is 5.32 Å². The van der Waals surface area contributed by atoms with Gasteiger partial charge < -0.3 is 5.32 Å². The topological polar surface area (TPSA) is 32.3 Å². The van der Waals surface area contributed by atoms with Crippen molar-refractivity contribution in [3.8, 4) is 0 Å². The minimum Gasteiger partial charge on any atom is -0.324 e. The van der Waals surface area contributed by atoms with Gasteiger partial charge in [-0.2, -0.15) is 0 Å². The molecule has 0 unspecified atom stereocenters. The Kier molecular flexibility index (Phi) is 6.19. The molecule has 108 valence electrons. The van der Waals surface area contributed by atoms with Gasteiger partial charge in [-0.1, -0.05) is 29.8 Å². The van der Waals surface area contributed by atoms with Crippen molar-refractivity contribution < 1.29 is 4.79 Å². The first-order valence-electron chi connectivity index (χ1n) is 6.79. The molecule has 3 heteroatoms. The van der Waals surface area contributed by atoms with Gasteiger partial charge in [0.15, 0.2) is 0 Å². The van der Waals surface area contributed by atoms with Crippen LogP contribution in [0.15, 0.2) is 37.4 Å². The minimum absolute atomic E-state index is 0.0104. The van der Waals surface area contributed by atoms with Crippen molar-refractivity contribution in [2.45, 2.75) is 20.8 Å². The highest BCUT2D eigenvalue weighted by Crippen LogP contribution is 2.21. The third kappa shape index (κ3) is 4.67. The van der Waals surface area contributed by atoms with E-state index in [4.69, 9.17) is 0 Å². The van der Waals surface area contributed by atoms with Crippen LogP contribution in [0.25, 0.3) is 0 Å². The molecular weight excluding hydrogens is 248 g/mol. The second-order valence-electron chi connectivity index (χ2n) is 5.09. The summed E-state index contributed by atoms with van der Waals surface area (Å²) in [4.78, 5) is 14.1. The summed E-state index contributed by atoms with van der Waals surface area (Å²) in [7, 11) is 0. The van der Waals surface area contributed by atoms with E-state index in [0.717, 1.165) is 16.8 Å². The van der Waals surface area contributed by atoms with E-state index in [9.17, 15) is 4.79 Å². The molecule has 1 amide bonds. The molecule has 0 bridgehead atoms. The molecule has 0 saturated carbocycles. The molecular formula is C17H24N2O. The summed E-state index contributed by atoms with van der Waals surface area (Å²) < 4.78 is 0. The molecule has 0 saturated heterocycles. The van der Waals surface area contributed by atoms with E-state index in [2.05, 4.69) is 37.5 Å². The number of hydrogen-bond donors (Lipinski definition) is 1. The van der Waals surface area contributed by atoms with Crippen LogP contribution >= 0.6 is 0 Å². The number of aryl methyl sites for hydroxylation is 3. The van der Waals surface area contributed by atoms with Crippen LogP contribution in [0.3, 0.4) is 0 Å². The number of anilines is 1. The lowest BCUT2D eigenvalue weighted by atomic mass is 10.1. The molecule has 0 aliphatic heterocycles. The van der Waals surface area contributed by atoms with Gasteiger partial charge in [-0.25, -0.2) is 0 Å². The van der Waals surface area contributed by atoms with Crippen LogP contribution in [0.4, 0.5) is 5.69 Å². The lowest BCUT2D eigenvalue weighted by molar-refractivity contribution is -0.117. The van der Waals surface area contributed by atoms with Crippen LogP contribution in [0.5, 0.6) is 0 Å². The molecule has 0 aliphatic carbocycles. The van der Waals surface area contributed by atoms with Gasteiger partial charge >= 0.3 is 0 Å². The third-order valence-electron chi connectivity index (χ3n) is 3.08. The summed E-state index contributed by atoms with van der Waals surface area (Å²) in [6.45, 7) is 15.2. The summed E-state index contributed by atoms with van der Waals surface area (Å²) in [6.07, 6.45) is 3.58. The SMILES string of the molecule is C=CCN(CC=C)CC(=O)Nc1c(C)cc(C)cc1C. The van der Waals surface area contributed by atoms with Crippen molar-refractivity contribution in [2.75, 3.05) is 25.0 Å². The first-order chi connectivity index (χ1) is 9.47. The molecule has 1 rings (SSSR count). The molecule has 3 nitrogen and oxygen atoms in total. The summed E-state index contributed by atoms with van der Waals surface area (Å²) in [5.74, 6) is -0.0104. The quantitative estimate of drug-likeness (QED) is 0.773. The van der Waals surface area contributed by atoms with Crippen molar-refractivity contribution in [2.24, 2.45) is 0 Å². The first-order valence-corrected chi connectivity index (χ1v) is 6.79. The van der Waals surface area contributed by atoms with E-state index in [0.29, 0.717) is 19.6 Å². The average Bonchev–Trinajstić information content (AvgIpc) is 2.34. The van der Waals surface area contributed by atoms with Crippen molar-refractivity contribution in [3.05, 3.63) is 54.1 Å². The lowest BCUT2D eigenvalue weighted by Crippen LogP contribution is -2.33. The van der Waals surface area contributed by atoms with E-state index >= 15 is 0 Å². The minimum atomic E-state index is -0.0104. The Morgan fingerprint density at radius 2 is 1.65 bits per heavy atom. The van der Waals surface area contributed by atoms with Gasteiger partial charge in [0.1, 0.15) is 0 Å². The van der Waals surface area contributed by atoms with Crippen LogP contribution in [-0.4, -0.2) is 30.4 Å². The maximum absolute atomic E-state index is 12.1. The number of hydrogen-bond acceptors (Lipinski definition) is 2. The van der Waals surface area contributed by atoms with Gasteiger partial charge in [-0.3, -0.25) is 9.69 Å². The predicted molar refractivity (Wildman–Crippen MR) is 86.1 cm³/mol. The van der Waals surface area contributed by atoms with E-state index in [1.165, 1.54) is 5.56 Å². The lowest BCUT2D eigenvalue weighted by Gasteiger charge is -2.19. The number of amides is 1. The number of nitrogens with one attached hydrogen (secondary N) is 1. The van der Waals surface area contributed by atoms with Crippen molar-refractivity contribution >= 4 is 11.6 Å². The van der Waals surface area contributed by atoms with Crippen LogP contribution in [0.2, 0.25) is 0 Å². The molecule has 1 aromatic rings. The van der Waals surface area contributed by atoms with E-state index < -0.39 is 0 Å². The Labute approximate surface area is 122 Å². The predicted octanol–water partition coefficient (Wildman–Crippen LogP) is 3.22. The maximum Gasteiger partial charge on any atom is 0.238 e. The molecule has 0 fully saturated rings. The number of carbonyl (C=O) groups is 1. The fraction of sp³-hybridized carbons (Fsp3) is 0.353. The Morgan fingerprint density at radius 1 is 1.15 bits per heavy atom. The largest absolute Gasteiger partial charge is 0.324 e. The van der Waals surface area contributed by atoms with E-state index in [-0.39, 0.29) is 5.91 Å². The zero-order valence-electron chi connectivity index (χ0n) is 12.7. The molecule has 0 radical (unpaired) electrons. The number of benzene rings is 1. The molecule has 1 aromatic carbocycles. The van der Waals surface area contributed by atoms with Gasteiger partial charge in [0.2, 0.25) is 5.91 Å². The fourth-order valence-corrected chi connectivity index (χ4v) is 2.33. The zero-order valence-corrected chi connectivity index (χ0v) is 12.7. The highest BCUT2D eigenvalue weighted by atomic mass is 16.2. The summed E-state index contributed by atoms with van der Waals surface area (Å²) in [6, 6.07) is 4.15. The summed E-state index contributed by atoms with van der Waals surface area (Å²) >= 11 is 0. The maximum atomic E-state index is 12.1. The number of rotatable bonds is 7. The average molecular weight is 272 g/mol. The second kappa shape index (κ2) is 7.65. The molecule has 0 aromatic heterocycles. The fourth-order valence-electron chi connectivity index (χ4n) is 2.33. The van der Waals surface area contributed by atoms with E-state index in [1.54, 1.807) is 12.2 Å². The molecule has 0 aliphatic rings. The van der Waals surface area contributed by atoms with Gasteiger partial charge in [0.05, 0.1) is 6.54 Å². The molecule has 0 spiro atoms. The van der Waals surface area contributed by atoms with Gasteiger partial charge in [-0.15, -0.1) is 13.2 Å². The highest BCUT2D eigenvalue weighted by molar-refractivity contribution is 5.93. The van der Waals surface area contributed by atoms with Crippen LogP contribution in [0, 0.1) is 20.8 Å². The third-order valence-corrected chi connectivity index (χ3v) is 3.08. The summed E-state index contributed by atoms with van der Waals surface area (Å²) in [5.41, 5.74) is 4.31. The Bertz CT molecular complexity index is 473. The molecule has 20 heavy (non-hydrogen) atoms. The van der Waals surface area contributed by atoms with Crippen LogP contribution in [-0.2, 0) is 4.79 Å². The van der Waals surface area contributed by atoms with E-state index in [1.807, 2.05) is 18.7 Å². The Morgan fingerprint density at radius 3 is 2.10 bits per heavy atom. The Balaban J connectivity index is 2.75. The van der Waals surface area contributed by atoms with Gasteiger partial charge in [0, 0.05) is 18.8 Å². The monoisotopic (exact) mass is 272 g/mol. The Hall–Kier alpha value is -1.87. The normalized spacial score (nSPS) is 10.4. The smallest absolute Gasteiger partial charge is 0.238 e. The second-order valence-corrected chi connectivity index (χ2v) is 5.09. The highest BCUT2D eigenvalue weighted by Gasteiger charge is 2.11. The van der Waals surface area contributed by atoms with Crippen LogP contribution in [0.1, 0.15) is 16.7 Å². The standard InChI is InChI=1S/C17H24N2O/c1-6-8-19(9-7-2)12-16(20)18-17-14(4)10-13(3)11-15(17)5/h6-7,10-11H,1-2,8-9,12H2,3-5H3,(H,18,20). The zero-order chi connectivity index (χ0) is 15.1. The van der Waals surface area contributed by atoms with Crippen molar-refractivity contribution in [3.63, 3.8) is 0 Å². The van der Waals surface area contributed by atoms with Crippen molar-refractivity contribution in [1.29, 1.82) is 0 Å². The van der Waals surface area contributed by atoms with Gasteiger partial charge in [-0.05, 0) is 31.9 Å². The van der Waals surface area contributed by atoms with Crippen molar-refractivity contribution in [1.82, 2.24) is 4.90 Å². The summed E-state index contributed by atoms with van der Waals surface area (Å²) in [5, 5.41) is 3.00. The number of carbonyl (C=O) groups excluding carboxylic acids is 1. The number of nitrogens with zero attached hydrogens (tertiary/aromatic N) is 1. The first kappa shape index (κ1) is 16.2. The van der Waals surface area contributed by atoms with Gasteiger partial charge in [0.25, 0.3) is 0 Å². The molecule has 1 N–H and O–H groups in total. The molecule has 0 heterocycles.